The molecule has 0 radical (unpaired) electrons. The maximum absolute atomic E-state index is 13.6. The van der Waals surface area contributed by atoms with Gasteiger partial charge in [0.25, 0.3) is 11.6 Å². The number of unbranched alkanes of at least 4 members (excludes halogenated alkanes) is 23. The van der Waals surface area contributed by atoms with Crippen LogP contribution in [0.5, 0.6) is 0 Å². The van der Waals surface area contributed by atoms with Crippen molar-refractivity contribution < 1.29 is 144 Å². The first-order chi connectivity index (χ1) is 47.7. The van der Waals surface area contributed by atoms with E-state index in [2.05, 4.69) is 29.8 Å². The summed E-state index contributed by atoms with van der Waals surface area (Å²) in [4.78, 5) is 64.9. The summed E-state index contributed by atoms with van der Waals surface area (Å²) < 4.78 is 46.4. The Morgan fingerprint density at radius 1 is 0.540 bits per heavy atom. The SMILES string of the molecule is CCCCCCCCCCCCC/C=C/[C@@H](O)[C@H](CO[C@@H]1O[C@H](CO)[C@@H](O[C@@H]2O[C@H](CO)[C@H](O)[C@H](O[C@]3(C(=O)O)C[C@H](O)[C@@H](NC(C)=O)C([C@H](O)[C@@H](CO)O[C@]4(C(=O)O)C[C@H](O)[C@@H](NC(C)=O)C([C@H](O)[C@H](O)CO)O4)O3)[C@H]2O)[C@H](O)[C@H]1O)NC(=O)CCCCCCCCCCCCCCC. The van der Waals surface area contributed by atoms with Gasteiger partial charge in [-0.05, 0) is 19.3 Å². The molecule has 0 spiro atoms. The largest absolute Gasteiger partial charge is 0.477 e. The topological polar surface area (TPSA) is 519 Å². The van der Waals surface area contributed by atoms with Crippen LogP contribution >= 0.6 is 0 Å². The second-order valence-corrected chi connectivity index (χ2v) is 27.2. The van der Waals surface area contributed by atoms with Crippen molar-refractivity contribution in [1.29, 1.82) is 0 Å². The maximum atomic E-state index is 13.6. The van der Waals surface area contributed by atoms with Crippen molar-refractivity contribution in [3.05, 3.63) is 12.2 Å². The van der Waals surface area contributed by atoms with Gasteiger partial charge >= 0.3 is 11.9 Å². The van der Waals surface area contributed by atoms with Crippen LogP contribution in [-0.2, 0) is 61.9 Å². The Balaban J connectivity index is 1.52. The molecule has 4 fully saturated rings. The van der Waals surface area contributed by atoms with Gasteiger partial charge in [0.2, 0.25) is 17.7 Å². The predicted octanol–water partition coefficient (Wildman–Crippen LogP) is -0.441. The zero-order valence-corrected chi connectivity index (χ0v) is 58.7. The first-order valence-corrected chi connectivity index (χ1v) is 36.2. The highest BCUT2D eigenvalue weighted by molar-refractivity contribution is 5.78. The fourth-order valence-corrected chi connectivity index (χ4v) is 13.2. The van der Waals surface area contributed by atoms with Crippen LogP contribution < -0.4 is 16.0 Å². The Morgan fingerprint density at radius 2 is 1.00 bits per heavy atom. The van der Waals surface area contributed by atoms with Crippen LogP contribution in [0.1, 0.15) is 207 Å². The summed E-state index contributed by atoms with van der Waals surface area (Å²) in [6.07, 6.45) is -11.1. The molecule has 32 heteroatoms. The molecule has 4 rings (SSSR count). The molecule has 19 N–H and O–H groups in total. The van der Waals surface area contributed by atoms with Gasteiger partial charge in [0.1, 0.15) is 85.5 Å². The highest BCUT2D eigenvalue weighted by Crippen LogP contribution is 2.41. The van der Waals surface area contributed by atoms with Crippen molar-refractivity contribution in [2.24, 2.45) is 0 Å². The summed E-state index contributed by atoms with van der Waals surface area (Å²) in [5, 5.41) is 185. The number of carbonyl (C=O) groups is 5. The smallest absolute Gasteiger partial charge is 0.364 e. The Hall–Kier alpha value is -3.79. The molecule has 32 nitrogen and oxygen atoms in total. The lowest BCUT2D eigenvalue weighted by atomic mass is 9.87. The number of carboxylic acids is 2. The van der Waals surface area contributed by atoms with E-state index in [1.807, 2.05) is 6.08 Å². The quantitative estimate of drug-likeness (QED) is 0.0271. The van der Waals surface area contributed by atoms with E-state index in [1.54, 1.807) is 6.08 Å². The van der Waals surface area contributed by atoms with Gasteiger partial charge in [0.05, 0.1) is 69.5 Å². The molecule has 0 aromatic carbocycles. The van der Waals surface area contributed by atoms with Gasteiger partial charge in [-0.2, -0.15) is 0 Å². The van der Waals surface area contributed by atoms with Gasteiger partial charge in [-0.15, -0.1) is 0 Å². The van der Waals surface area contributed by atoms with Crippen molar-refractivity contribution in [2.45, 2.75) is 354 Å². The van der Waals surface area contributed by atoms with E-state index in [4.69, 9.17) is 37.9 Å². The fraction of sp³-hybridized carbons (Fsp3) is 0.897. The van der Waals surface area contributed by atoms with E-state index < -0.39 is 216 Å². The third kappa shape index (κ3) is 27.3. The number of carbonyl (C=O) groups excluding carboxylic acids is 3. The predicted molar refractivity (Wildman–Crippen MR) is 354 cm³/mol. The Kier molecular flexibility index (Phi) is 41.0. The lowest BCUT2D eigenvalue weighted by Gasteiger charge is -2.51. The standard InChI is InChI=1S/C68H121N3O29/c1-5-7-9-11-13-15-17-19-21-23-25-27-29-31-43(78)42(71-50(82)32-30-28-26-24-22-20-18-16-14-12-10-8-6-2)39-93-63-57(87)56(86)59(49(38-75)95-63)96-64-58(88)62(54(84)47(36-73)94-64)100-68(66(91)92)34-45(80)52(70-41(4)77)61(99-68)55(85)48(37-74)97-67(65(89)90)33-44(79)51(69-40(3)76)60(98-67)53(83)46(81)35-72/h29,31,42-49,51-64,72-75,78-81,83-88H,5-28,30,32-39H2,1-4H3,(H,69,76)(H,70,77)(H,71,82)(H,89,90)(H,91,92)/b31-29+/t42-,43+,44-,45-,46+,47+,48+,49+,51+,52+,53+,54-,55+,56+,57+,58+,59+,60?,61?,62-,63+,64-,67+,68-/m0/s1. The minimum atomic E-state index is -3.39. The minimum Gasteiger partial charge on any atom is -0.477 e. The van der Waals surface area contributed by atoms with E-state index in [-0.39, 0.29) is 12.3 Å². The Morgan fingerprint density at radius 3 is 1.47 bits per heavy atom. The van der Waals surface area contributed by atoms with E-state index in [0.29, 0.717) is 12.8 Å². The summed E-state index contributed by atoms with van der Waals surface area (Å²) in [5.74, 6) is -13.1. The van der Waals surface area contributed by atoms with Crippen molar-refractivity contribution in [2.75, 3.05) is 33.0 Å². The third-order valence-corrected chi connectivity index (χ3v) is 19.0. The molecule has 4 aliphatic rings. The van der Waals surface area contributed by atoms with Gasteiger partial charge in [0, 0.05) is 33.1 Å². The molecule has 0 saturated carbocycles. The number of aliphatic hydroxyl groups is 14. The summed E-state index contributed by atoms with van der Waals surface area (Å²) in [7, 11) is 0. The zero-order valence-electron chi connectivity index (χ0n) is 58.7. The van der Waals surface area contributed by atoms with Crippen LogP contribution in [0.25, 0.3) is 0 Å². The lowest BCUT2D eigenvalue weighted by Crippen LogP contribution is -2.72. The van der Waals surface area contributed by atoms with Crippen LogP contribution in [0.4, 0.5) is 0 Å². The summed E-state index contributed by atoms with van der Waals surface area (Å²) in [6, 6.07) is -4.73. The number of allylic oxidation sites excluding steroid dienone is 1. The van der Waals surface area contributed by atoms with E-state index in [0.717, 1.165) is 65.2 Å². The molecule has 0 aliphatic carbocycles. The molecule has 3 amide bonds. The van der Waals surface area contributed by atoms with Crippen molar-refractivity contribution in [1.82, 2.24) is 16.0 Å². The Labute approximate surface area is 586 Å². The highest BCUT2D eigenvalue weighted by Gasteiger charge is 2.62. The number of rotatable bonds is 50. The maximum Gasteiger partial charge on any atom is 0.364 e. The minimum absolute atomic E-state index is 0.155. The highest BCUT2D eigenvalue weighted by atomic mass is 16.8. The summed E-state index contributed by atoms with van der Waals surface area (Å²) in [5.41, 5.74) is 0. The first-order valence-electron chi connectivity index (χ1n) is 36.2. The molecule has 4 aliphatic heterocycles. The lowest BCUT2D eigenvalue weighted by molar-refractivity contribution is -0.388. The van der Waals surface area contributed by atoms with Gasteiger partial charge in [-0.3, -0.25) is 14.4 Å². The average molecular weight is 1440 g/mol. The van der Waals surface area contributed by atoms with Crippen molar-refractivity contribution in [3.8, 4) is 0 Å². The van der Waals surface area contributed by atoms with Crippen LogP contribution in [0.15, 0.2) is 12.2 Å². The average Bonchev–Trinajstić information content (AvgIpc) is 0.757. The normalized spacial score (nSPS) is 32.1. The molecule has 0 aromatic rings. The van der Waals surface area contributed by atoms with Crippen molar-refractivity contribution >= 4 is 29.7 Å². The molecule has 0 bridgehead atoms. The first kappa shape index (κ1) is 88.6. The van der Waals surface area contributed by atoms with Crippen LogP contribution in [-0.4, -0.2) is 290 Å². The van der Waals surface area contributed by atoms with Gasteiger partial charge in [0.15, 0.2) is 12.6 Å². The second-order valence-electron chi connectivity index (χ2n) is 27.2. The van der Waals surface area contributed by atoms with E-state index >= 15 is 0 Å². The number of amides is 3. The molecule has 2 unspecified atom stereocenters. The van der Waals surface area contributed by atoms with Gasteiger partial charge in [-0.1, -0.05) is 167 Å². The number of hydrogen-bond acceptors (Lipinski definition) is 27. The van der Waals surface area contributed by atoms with Crippen LogP contribution in [0, 0.1) is 0 Å². The number of ether oxygens (including phenoxy) is 8. The molecular weight excluding hydrogens is 1320 g/mol. The molecule has 0 aromatic heterocycles. The zero-order chi connectivity index (χ0) is 74.1. The van der Waals surface area contributed by atoms with E-state index in [1.165, 1.54) is 96.3 Å². The summed E-state index contributed by atoms with van der Waals surface area (Å²) >= 11 is 0. The van der Waals surface area contributed by atoms with Crippen LogP contribution in [0.3, 0.4) is 0 Å². The van der Waals surface area contributed by atoms with Crippen LogP contribution in [0.2, 0.25) is 0 Å². The molecule has 24 atom stereocenters. The van der Waals surface area contributed by atoms with Crippen molar-refractivity contribution in [3.63, 3.8) is 0 Å². The number of nitrogens with one attached hydrogen (secondary N) is 3. The molecule has 582 valence electrons. The molecule has 4 heterocycles. The third-order valence-electron chi connectivity index (χ3n) is 19.0. The van der Waals surface area contributed by atoms with Gasteiger partial charge in [-0.25, -0.2) is 9.59 Å². The number of aliphatic hydroxyl groups excluding tert-OH is 14. The molecule has 100 heavy (non-hydrogen) atoms. The van der Waals surface area contributed by atoms with E-state index in [9.17, 15) is 106 Å². The number of hydrogen-bond donors (Lipinski definition) is 19. The monoisotopic (exact) mass is 1440 g/mol. The Bertz CT molecular complexity index is 2370. The van der Waals surface area contributed by atoms with Gasteiger partial charge < -0.3 is 136 Å². The fourth-order valence-electron chi connectivity index (χ4n) is 13.2. The number of carboxylic acid groups (broad SMARTS) is 2. The molecular formula is C68H121N3O29. The summed E-state index contributed by atoms with van der Waals surface area (Å²) in [6.45, 7) is 1.08. The molecule has 4 saturated heterocycles. The second kappa shape index (κ2) is 46.2. The number of aliphatic carboxylic acids is 2.